The predicted octanol–water partition coefficient (Wildman–Crippen LogP) is 2.51. The van der Waals surface area contributed by atoms with Crippen molar-refractivity contribution in [2.45, 2.75) is 9.79 Å². The molecule has 2 aliphatic carbocycles. The van der Waals surface area contributed by atoms with Crippen molar-refractivity contribution in [2.24, 2.45) is 10.2 Å². The number of nitrogens with zero attached hydrogens (tertiary/aromatic N) is 2. The number of phenols is 2. The second-order valence-electron chi connectivity index (χ2n) is 11.7. The van der Waals surface area contributed by atoms with Gasteiger partial charge in [0.25, 0.3) is 40.5 Å². The van der Waals surface area contributed by atoms with Crippen LogP contribution in [0.5, 0.6) is 11.5 Å². The van der Waals surface area contributed by atoms with Gasteiger partial charge in [0.15, 0.2) is 0 Å². The van der Waals surface area contributed by atoms with Crippen LogP contribution < -0.4 is 10.9 Å². The highest BCUT2D eigenvalue weighted by atomic mass is 32.2. The summed E-state index contributed by atoms with van der Waals surface area (Å²) in [4.78, 5) is 22.4. The maximum Gasteiger partial charge on any atom is 0.298 e. The van der Waals surface area contributed by atoms with Gasteiger partial charge in [-0.1, -0.05) is 24.3 Å². The molecule has 0 spiro atoms. The Bertz CT molecular complexity index is 2820. The van der Waals surface area contributed by atoms with Crippen molar-refractivity contribution in [2.75, 3.05) is 10.9 Å². The lowest BCUT2D eigenvalue weighted by atomic mass is 9.94. The van der Waals surface area contributed by atoms with Gasteiger partial charge in [0.1, 0.15) is 32.7 Å². The highest BCUT2D eigenvalue weighted by Gasteiger charge is 2.35. The van der Waals surface area contributed by atoms with E-state index in [9.17, 15) is 71.7 Å². The van der Waals surface area contributed by atoms with Crippen LogP contribution >= 0.6 is 0 Å². The van der Waals surface area contributed by atoms with Crippen LogP contribution in [0.15, 0.2) is 103 Å². The number of anilines is 2. The molecule has 24 heteroatoms. The third kappa shape index (κ3) is 7.84. The van der Waals surface area contributed by atoms with E-state index in [0.29, 0.717) is 12.2 Å². The summed E-state index contributed by atoms with van der Waals surface area (Å²) in [6.45, 7) is 0. The van der Waals surface area contributed by atoms with Crippen molar-refractivity contribution < 1.29 is 71.7 Å². The lowest BCUT2D eigenvalue weighted by Gasteiger charge is -2.17. The number of Topliss-reactive ketones (excluding diaryl/α,β-unsaturated/α-hetero) is 2. The molecule has 290 valence electrons. The van der Waals surface area contributed by atoms with Crippen LogP contribution in [0.3, 0.4) is 0 Å². The Labute approximate surface area is 315 Å². The van der Waals surface area contributed by atoms with Crippen LogP contribution in [0.1, 0.15) is 22.3 Å². The number of fused-ring (bicyclic) bond motifs is 2. The molecule has 4 aromatic carbocycles. The van der Waals surface area contributed by atoms with Gasteiger partial charge in [-0.15, -0.1) is 0 Å². The zero-order valence-electron chi connectivity index (χ0n) is 27.4. The van der Waals surface area contributed by atoms with Gasteiger partial charge < -0.3 is 10.2 Å². The molecule has 0 amide bonds. The molecule has 0 bridgehead atoms. The second kappa shape index (κ2) is 13.9. The van der Waals surface area contributed by atoms with Crippen molar-refractivity contribution in [1.29, 1.82) is 0 Å². The molecule has 0 aromatic heterocycles. The van der Waals surface area contributed by atoms with Crippen molar-refractivity contribution in [3.05, 3.63) is 105 Å². The highest BCUT2D eigenvalue weighted by molar-refractivity contribution is 7.91. The predicted molar refractivity (Wildman–Crippen MR) is 197 cm³/mol. The minimum atomic E-state index is -5.13. The van der Waals surface area contributed by atoms with Crippen LogP contribution in [0, 0.1) is 0 Å². The average molecular weight is 847 g/mol. The number of nitrogens with one attached hydrogen (secondary N) is 2. The van der Waals surface area contributed by atoms with E-state index in [0.717, 1.165) is 36.4 Å². The molecule has 0 aliphatic heterocycles. The van der Waals surface area contributed by atoms with Crippen LogP contribution in [0.4, 0.5) is 11.4 Å². The van der Waals surface area contributed by atoms with Crippen LogP contribution in [-0.2, 0) is 50.1 Å². The van der Waals surface area contributed by atoms with Gasteiger partial charge in [0.2, 0.25) is 11.6 Å². The first-order chi connectivity index (χ1) is 25.9. The normalized spacial score (nSPS) is 16.2. The van der Waals surface area contributed by atoms with E-state index in [-0.39, 0.29) is 44.8 Å². The Morgan fingerprint density at radius 3 is 1.12 bits per heavy atom. The maximum absolute atomic E-state index is 13.0. The van der Waals surface area contributed by atoms with Crippen molar-refractivity contribution in [1.82, 2.24) is 0 Å². The van der Waals surface area contributed by atoms with E-state index < -0.39 is 94.6 Å². The van der Waals surface area contributed by atoms with Crippen LogP contribution in [-0.4, -0.2) is 85.1 Å². The summed E-state index contributed by atoms with van der Waals surface area (Å²) in [5, 5.41) is 29.3. The molecule has 20 nitrogen and oxygen atoms in total. The first-order valence-corrected chi connectivity index (χ1v) is 20.7. The van der Waals surface area contributed by atoms with E-state index in [2.05, 4.69) is 21.1 Å². The average Bonchev–Trinajstić information content (AvgIpc) is 3.09. The van der Waals surface area contributed by atoms with Gasteiger partial charge in [0, 0.05) is 11.1 Å². The molecular formula is C32H22N4O16S4. The van der Waals surface area contributed by atoms with Crippen molar-refractivity contribution >= 4 is 87.0 Å². The second-order valence-corrected chi connectivity index (χ2v) is 17.3. The maximum atomic E-state index is 13.0. The topological polar surface area (TPSA) is 341 Å². The lowest BCUT2D eigenvalue weighted by Crippen LogP contribution is -2.27. The summed E-state index contributed by atoms with van der Waals surface area (Å²) in [5.41, 5.74) is 3.29. The monoisotopic (exact) mass is 846 g/mol. The van der Waals surface area contributed by atoms with E-state index in [1.807, 2.05) is 0 Å². The van der Waals surface area contributed by atoms with Gasteiger partial charge in [-0.05, 0) is 82.9 Å². The zero-order valence-corrected chi connectivity index (χ0v) is 30.6. The molecule has 0 saturated heterocycles. The third-order valence-corrected chi connectivity index (χ3v) is 11.5. The SMILES string of the molecule is O=C1C(S(=O)(=O)O)=Cc2cc(S(=O)(=O)O)ccc2C1=NNc1ccc(-c2ccc(NN=C3C(=O)C(S(=O)(=O)O)=Cc4cc(S(=O)(=O)O)ccc43)c(O)c2)cc1O. The number of hydrogen-bond donors (Lipinski definition) is 8. The largest absolute Gasteiger partial charge is 0.506 e. The summed E-state index contributed by atoms with van der Waals surface area (Å²) in [6, 6.07) is 13.5. The van der Waals surface area contributed by atoms with Crippen LogP contribution in [0.2, 0.25) is 0 Å². The number of ketones is 2. The Kier molecular flexibility index (Phi) is 9.80. The summed E-state index contributed by atoms with van der Waals surface area (Å²) < 4.78 is 132. The molecule has 4 aromatic rings. The fourth-order valence-electron chi connectivity index (χ4n) is 5.41. The Hall–Kier alpha value is -6.12. The molecule has 0 fully saturated rings. The number of carbonyl (C=O) groups is 2. The Morgan fingerprint density at radius 2 is 0.821 bits per heavy atom. The summed E-state index contributed by atoms with van der Waals surface area (Å²) >= 11 is 0. The molecule has 6 rings (SSSR count). The van der Waals surface area contributed by atoms with Crippen molar-refractivity contribution in [3.63, 3.8) is 0 Å². The smallest absolute Gasteiger partial charge is 0.298 e. The van der Waals surface area contributed by atoms with Gasteiger partial charge >= 0.3 is 0 Å². The minimum absolute atomic E-state index is 0.0913. The highest BCUT2D eigenvalue weighted by Crippen LogP contribution is 2.35. The summed E-state index contributed by atoms with van der Waals surface area (Å²) in [7, 11) is -19.8. The zero-order chi connectivity index (χ0) is 41.1. The van der Waals surface area contributed by atoms with E-state index in [1.165, 1.54) is 36.4 Å². The fraction of sp³-hybridized carbons (Fsp3) is 0. The molecule has 2 aliphatic rings. The minimum Gasteiger partial charge on any atom is -0.506 e. The number of aromatic hydroxyl groups is 2. The van der Waals surface area contributed by atoms with E-state index in [4.69, 9.17) is 0 Å². The molecule has 8 N–H and O–H groups in total. The summed E-state index contributed by atoms with van der Waals surface area (Å²) in [6.07, 6.45) is 1.40. The van der Waals surface area contributed by atoms with Crippen molar-refractivity contribution in [3.8, 4) is 22.6 Å². The number of allylic oxidation sites excluding steroid dienone is 2. The number of carbonyl (C=O) groups excluding carboxylic acids is 2. The van der Waals surface area contributed by atoms with E-state index in [1.54, 1.807) is 0 Å². The Balaban J connectivity index is 1.27. The number of benzene rings is 4. The fourth-order valence-corrected chi connectivity index (χ4v) is 7.66. The lowest BCUT2D eigenvalue weighted by molar-refractivity contribution is -0.110. The molecule has 56 heavy (non-hydrogen) atoms. The Morgan fingerprint density at radius 1 is 0.464 bits per heavy atom. The number of rotatable bonds is 9. The number of hydrogen-bond acceptors (Lipinski definition) is 16. The van der Waals surface area contributed by atoms with Gasteiger partial charge in [-0.3, -0.25) is 38.7 Å². The standard InChI is InChI=1S/C32H22N4O16S4/c37-25-11-15(1-7-23(25)33-35-29-21-5-3-19(53(41,42)43)9-17(21)13-27(31(29)39)55(47,48)49)16-2-8-24(26(38)12-16)34-36-30-22-6-4-20(54(44,45)46)10-18(22)14-28(32(30)40)56(50,51)52/h1-14,33-34,37-38H,(H,41,42,43)(H,44,45,46)(H,47,48,49)(H,50,51,52). The first kappa shape index (κ1) is 39.6. The van der Waals surface area contributed by atoms with E-state index >= 15 is 0 Å². The molecule has 0 saturated carbocycles. The quantitative estimate of drug-likeness (QED) is 0.0681. The first-order valence-electron chi connectivity index (χ1n) is 15.0. The third-order valence-electron chi connectivity index (χ3n) is 8.06. The van der Waals surface area contributed by atoms with Crippen LogP contribution in [0.25, 0.3) is 23.3 Å². The number of hydrazone groups is 2. The molecule has 0 heterocycles. The van der Waals surface area contributed by atoms with Gasteiger partial charge in [-0.25, -0.2) is 0 Å². The molecular weight excluding hydrogens is 825 g/mol. The molecule has 0 radical (unpaired) electrons. The molecule has 0 unspecified atom stereocenters. The number of phenolic OH excluding ortho intramolecular Hbond substituents is 2. The van der Waals surface area contributed by atoms with Gasteiger partial charge in [0.05, 0.1) is 21.2 Å². The molecule has 0 atom stereocenters. The summed E-state index contributed by atoms with van der Waals surface area (Å²) in [5.74, 6) is -3.53. The van der Waals surface area contributed by atoms with Gasteiger partial charge in [-0.2, -0.15) is 43.9 Å².